The van der Waals surface area contributed by atoms with Crippen molar-refractivity contribution >= 4 is 10.9 Å². The summed E-state index contributed by atoms with van der Waals surface area (Å²) in [6, 6.07) is 10.1. The summed E-state index contributed by atoms with van der Waals surface area (Å²) in [5.41, 5.74) is 0.949. The third kappa shape index (κ3) is 3.03. The van der Waals surface area contributed by atoms with E-state index in [1.54, 1.807) is 0 Å². The van der Waals surface area contributed by atoms with Crippen molar-refractivity contribution in [2.75, 3.05) is 39.3 Å². The summed E-state index contributed by atoms with van der Waals surface area (Å²) in [7, 11) is 0. The maximum Gasteiger partial charge on any atom is 0.145 e. The predicted molar refractivity (Wildman–Crippen MR) is 76.5 cm³/mol. The molecule has 0 aliphatic carbocycles. The molecule has 2 aromatic rings. The minimum Gasteiger partial charge on any atom is -0.490 e. The first kappa shape index (κ1) is 12.4. The Morgan fingerprint density at radius 1 is 1.16 bits per heavy atom. The van der Waals surface area contributed by atoms with Gasteiger partial charge < -0.3 is 10.1 Å². The highest BCUT2D eigenvalue weighted by atomic mass is 16.5. The Morgan fingerprint density at radius 3 is 2.89 bits per heavy atom. The molecule has 0 saturated carbocycles. The largest absolute Gasteiger partial charge is 0.490 e. The minimum absolute atomic E-state index is 0.718. The Balaban J connectivity index is 1.62. The van der Waals surface area contributed by atoms with Crippen LogP contribution in [0.2, 0.25) is 0 Å². The van der Waals surface area contributed by atoms with Crippen molar-refractivity contribution in [1.82, 2.24) is 15.2 Å². The van der Waals surface area contributed by atoms with Crippen molar-refractivity contribution in [3.63, 3.8) is 0 Å². The lowest BCUT2D eigenvalue weighted by Crippen LogP contribution is -2.44. The average Bonchev–Trinajstić information content (AvgIpc) is 2.49. The van der Waals surface area contributed by atoms with Crippen LogP contribution in [0.3, 0.4) is 0 Å². The van der Waals surface area contributed by atoms with E-state index in [0.717, 1.165) is 56.0 Å². The molecule has 0 bridgehead atoms. The summed E-state index contributed by atoms with van der Waals surface area (Å²) < 4.78 is 5.90. The molecule has 1 N–H and O–H groups in total. The van der Waals surface area contributed by atoms with Gasteiger partial charge >= 0.3 is 0 Å². The molecule has 100 valence electrons. The number of para-hydroxylation sites is 1. The van der Waals surface area contributed by atoms with Crippen molar-refractivity contribution in [2.24, 2.45) is 0 Å². The first-order chi connectivity index (χ1) is 9.43. The fourth-order valence-electron chi connectivity index (χ4n) is 2.41. The molecule has 0 amide bonds. The van der Waals surface area contributed by atoms with Crippen LogP contribution in [0, 0.1) is 0 Å². The molecule has 2 heterocycles. The fourth-order valence-corrected chi connectivity index (χ4v) is 2.41. The maximum absolute atomic E-state index is 5.90. The highest BCUT2D eigenvalue weighted by molar-refractivity contribution is 5.84. The number of nitrogens with one attached hydrogen (secondary N) is 1. The van der Waals surface area contributed by atoms with E-state index < -0.39 is 0 Å². The van der Waals surface area contributed by atoms with E-state index in [1.165, 1.54) is 0 Å². The Kier molecular flexibility index (Phi) is 3.91. The predicted octanol–water partition coefficient (Wildman–Crippen LogP) is 1.52. The standard InChI is InChI=1S/C15H19N3O/c1-3-13-4-2-6-17-15(13)14(5-1)19-12-11-18-9-7-16-8-10-18/h1-6,16H,7-12H2. The van der Waals surface area contributed by atoms with E-state index in [1.807, 2.05) is 24.4 Å². The van der Waals surface area contributed by atoms with Gasteiger partial charge in [-0.15, -0.1) is 0 Å². The second-order valence-corrected chi connectivity index (χ2v) is 4.77. The fraction of sp³-hybridized carbons (Fsp3) is 0.400. The lowest BCUT2D eigenvalue weighted by Gasteiger charge is -2.26. The lowest BCUT2D eigenvalue weighted by molar-refractivity contribution is 0.192. The van der Waals surface area contributed by atoms with Crippen LogP contribution in [0.25, 0.3) is 10.9 Å². The Bertz CT molecular complexity index is 532. The van der Waals surface area contributed by atoms with Gasteiger partial charge in [0, 0.05) is 44.3 Å². The van der Waals surface area contributed by atoms with Gasteiger partial charge in [0.15, 0.2) is 0 Å². The topological polar surface area (TPSA) is 37.4 Å². The van der Waals surface area contributed by atoms with E-state index in [4.69, 9.17) is 4.74 Å². The molecule has 1 aromatic heterocycles. The molecule has 1 fully saturated rings. The van der Waals surface area contributed by atoms with Crippen molar-refractivity contribution in [1.29, 1.82) is 0 Å². The molecule has 4 heteroatoms. The monoisotopic (exact) mass is 257 g/mol. The number of ether oxygens (including phenoxy) is 1. The molecule has 19 heavy (non-hydrogen) atoms. The summed E-state index contributed by atoms with van der Waals surface area (Å²) in [6.07, 6.45) is 1.81. The SMILES string of the molecule is c1cnc2c(OCCN3CCNCC3)cccc2c1. The number of aromatic nitrogens is 1. The van der Waals surface area contributed by atoms with Crippen LogP contribution >= 0.6 is 0 Å². The zero-order valence-electron chi connectivity index (χ0n) is 11.0. The van der Waals surface area contributed by atoms with Gasteiger partial charge in [-0.25, -0.2) is 0 Å². The highest BCUT2D eigenvalue weighted by Crippen LogP contribution is 2.22. The van der Waals surface area contributed by atoms with Crippen molar-refractivity contribution in [3.8, 4) is 5.75 Å². The highest BCUT2D eigenvalue weighted by Gasteiger charge is 2.09. The number of hydrogen-bond acceptors (Lipinski definition) is 4. The van der Waals surface area contributed by atoms with E-state index >= 15 is 0 Å². The molecule has 1 aliphatic rings. The summed E-state index contributed by atoms with van der Waals surface area (Å²) >= 11 is 0. The smallest absolute Gasteiger partial charge is 0.145 e. The molecule has 3 rings (SSSR count). The van der Waals surface area contributed by atoms with Crippen LogP contribution < -0.4 is 10.1 Å². The van der Waals surface area contributed by atoms with Crippen LogP contribution in [0.5, 0.6) is 5.75 Å². The zero-order chi connectivity index (χ0) is 12.9. The third-order valence-electron chi connectivity index (χ3n) is 3.47. The van der Waals surface area contributed by atoms with Gasteiger partial charge in [0.2, 0.25) is 0 Å². The van der Waals surface area contributed by atoms with Crippen LogP contribution in [-0.4, -0.2) is 49.2 Å². The lowest BCUT2D eigenvalue weighted by atomic mass is 10.2. The Hall–Kier alpha value is -1.65. The van der Waals surface area contributed by atoms with Crippen LogP contribution in [0.4, 0.5) is 0 Å². The van der Waals surface area contributed by atoms with Crippen molar-refractivity contribution in [3.05, 3.63) is 36.5 Å². The van der Waals surface area contributed by atoms with E-state index in [9.17, 15) is 0 Å². The molecule has 1 aromatic carbocycles. The van der Waals surface area contributed by atoms with E-state index in [-0.39, 0.29) is 0 Å². The van der Waals surface area contributed by atoms with Crippen LogP contribution in [0.15, 0.2) is 36.5 Å². The molecule has 0 unspecified atom stereocenters. The van der Waals surface area contributed by atoms with Crippen LogP contribution in [-0.2, 0) is 0 Å². The Labute approximate surface area is 113 Å². The summed E-state index contributed by atoms with van der Waals surface area (Å²) in [4.78, 5) is 6.82. The van der Waals surface area contributed by atoms with E-state index in [2.05, 4.69) is 27.3 Å². The number of pyridine rings is 1. The molecule has 4 nitrogen and oxygen atoms in total. The average molecular weight is 257 g/mol. The molecule has 0 radical (unpaired) electrons. The van der Waals surface area contributed by atoms with E-state index in [0.29, 0.717) is 0 Å². The molecular weight excluding hydrogens is 238 g/mol. The summed E-state index contributed by atoms with van der Waals surface area (Å²) in [5.74, 6) is 0.883. The second kappa shape index (κ2) is 5.99. The first-order valence-corrected chi connectivity index (χ1v) is 6.83. The third-order valence-corrected chi connectivity index (χ3v) is 3.47. The van der Waals surface area contributed by atoms with Gasteiger partial charge in [-0.1, -0.05) is 18.2 Å². The summed E-state index contributed by atoms with van der Waals surface area (Å²) in [5, 5.41) is 4.48. The van der Waals surface area contributed by atoms with Crippen molar-refractivity contribution < 1.29 is 4.74 Å². The Morgan fingerprint density at radius 2 is 2.00 bits per heavy atom. The molecule has 1 saturated heterocycles. The quantitative estimate of drug-likeness (QED) is 0.901. The number of rotatable bonds is 4. The normalized spacial score (nSPS) is 16.6. The van der Waals surface area contributed by atoms with Gasteiger partial charge in [-0.05, 0) is 12.1 Å². The number of fused-ring (bicyclic) bond motifs is 1. The molecular formula is C15H19N3O. The van der Waals surface area contributed by atoms with Gasteiger partial charge in [0.05, 0.1) is 0 Å². The van der Waals surface area contributed by atoms with Gasteiger partial charge in [0.25, 0.3) is 0 Å². The first-order valence-electron chi connectivity index (χ1n) is 6.83. The van der Waals surface area contributed by atoms with Crippen molar-refractivity contribution in [2.45, 2.75) is 0 Å². The molecule has 0 atom stereocenters. The summed E-state index contributed by atoms with van der Waals surface area (Å²) in [6.45, 7) is 6.07. The van der Waals surface area contributed by atoms with Gasteiger partial charge in [-0.2, -0.15) is 0 Å². The number of nitrogens with zero attached hydrogens (tertiary/aromatic N) is 2. The number of benzene rings is 1. The molecule has 0 spiro atoms. The molecule has 1 aliphatic heterocycles. The zero-order valence-corrected chi connectivity index (χ0v) is 11.0. The minimum atomic E-state index is 0.718. The van der Waals surface area contributed by atoms with Gasteiger partial charge in [0.1, 0.15) is 17.9 Å². The maximum atomic E-state index is 5.90. The van der Waals surface area contributed by atoms with Gasteiger partial charge in [-0.3, -0.25) is 9.88 Å². The van der Waals surface area contributed by atoms with Crippen LogP contribution in [0.1, 0.15) is 0 Å². The number of hydrogen-bond donors (Lipinski definition) is 1. The number of piperazine rings is 1. The second-order valence-electron chi connectivity index (χ2n) is 4.77.